The highest BCUT2D eigenvalue weighted by atomic mass is 19.1. The van der Waals surface area contributed by atoms with Crippen LogP contribution in [0.5, 0.6) is 11.5 Å². The number of Topliss-reactive ketones (excluding diaryl/α,β-unsaturated/α-hetero) is 2. The van der Waals surface area contributed by atoms with Gasteiger partial charge in [0.05, 0.1) is 0 Å². The molecule has 1 fully saturated rings. The van der Waals surface area contributed by atoms with Gasteiger partial charge in [0, 0.05) is 42.0 Å². The minimum atomic E-state index is -0.641. The van der Waals surface area contributed by atoms with Crippen LogP contribution in [0.4, 0.5) is 4.39 Å². The summed E-state index contributed by atoms with van der Waals surface area (Å²) in [6.07, 6.45) is 0. The Morgan fingerprint density at radius 1 is 0.844 bits per heavy atom. The number of benzene rings is 3. The molecule has 1 aliphatic heterocycles. The van der Waals surface area contributed by atoms with Crippen molar-refractivity contribution in [1.82, 2.24) is 5.32 Å². The molecule has 0 unspecified atom stereocenters. The second-order valence-electron chi connectivity index (χ2n) is 8.18. The number of carbonyl (C=O) groups excluding carboxylic acids is 2. The summed E-state index contributed by atoms with van der Waals surface area (Å²) in [6.45, 7) is 2.29. The van der Waals surface area contributed by atoms with Crippen molar-refractivity contribution in [3.63, 3.8) is 0 Å². The summed E-state index contributed by atoms with van der Waals surface area (Å²) >= 11 is 0. The summed E-state index contributed by atoms with van der Waals surface area (Å²) in [6, 6.07) is 16.9. The van der Waals surface area contributed by atoms with Crippen molar-refractivity contribution >= 4 is 11.6 Å². The molecule has 3 N–H and O–H groups in total. The number of piperidine rings is 1. The second-order valence-corrected chi connectivity index (χ2v) is 8.18. The fourth-order valence-corrected chi connectivity index (χ4v) is 4.61. The maximum Gasteiger partial charge on any atom is 0.167 e. The van der Waals surface area contributed by atoms with Crippen molar-refractivity contribution in [2.45, 2.75) is 12.8 Å². The number of phenols is 2. The van der Waals surface area contributed by atoms with Gasteiger partial charge in [-0.25, -0.2) is 4.39 Å². The first kappa shape index (κ1) is 21.7. The quantitative estimate of drug-likeness (QED) is 0.524. The molecule has 1 heterocycles. The Kier molecular flexibility index (Phi) is 6.06. The van der Waals surface area contributed by atoms with Crippen LogP contribution >= 0.6 is 0 Å². The highest BCUT2D eigenvalue weighted by molar-refractivity contribution is 6.02. The predicted octanol–water partition coefficient (Wildman–Crippen LogP) is 4.23. The van der Waals surface area contributed by atoms with Gasteiger partial charge in [0.15, 0.2) is 11.6 Å². The lowest BCUT2D eigenvalue weighted by atomic mass is 9.68. The van der Waals surface area contributed by atoms with Gasteiger partial charge >= 0.3 is 0 Å². The van der Waals surface area contributed by atoms with Crippen LogP contribution in [0.3, 0.4) is 0 Å². The number of ketones is 2. The molecule has 1 aliphatic rings. The number of rotatable bonds is 5. The first-order valence-electron chi connectivity index (χ1n) is 10.5. The molecular formula is C26H24FNO4. The lowest BCUT2D eigenvalue weighted by Gasteiger charge is -2.38. The summed E-state index contributed by atoms with van der Waals surface area (Å²) in [5, 5.41) is 22.9. The van der Waals surface area contributed by atoms with E-state index in [2.05, 4.69) is 5.32 Å². The fraction of sp³-hybridized carbons (Fsp3) is 0.231. The third kappa shape index (κ3) is 4.14. The monoisotopic (exact) mass is 433 g/mol. The minimum absolute atomic E-state index is 0.0227. The zero-order chi connectivity index (χ0) is 22.8. The van der Waals surface area contributed by atoms with E-state index in [-0.39, 0.29) is 23.1 Å². The number of nitrogens with one attached hydrogen (secondary N) is 1. The largest absolute Gasteiger partial charge is 0.508 e. The van der Waals surface area contributed by atoms with E-state index in [1.807, 2.05) is 0 Å². The molecular weight excluding hydrogens is 409 g/mol. The molecule has 0 aliphatic carbocycles. The van der Waals surface area contributed by atoms with E-state index in [0.717, 1.165) is 0 Å². The third-order valence-corrected chi connectivity index (χ3v) is 6.20. The summed E-state index contributed by atoms with van der Waals surface area (Å²) in [5.74, 6) is -2.75. The van der Waals surface area contributed by atoms with Crippen LogP contribution < -0.4 is 5.32 Å². The van der Waals surface area contributed by atoms with Crippen LogP contribution in [0.15, 0.2) is 66.7 Å². The number of carbonyl (C=O) groups is 2. The zero-order valence-corrected chi connectivity index (χ0v) is 17.6. The highest BCUT2D eigenvalue weighted by Gasteiger charge is 2.43. The lowest BCUT2D eigenvalue weighted by molar-refractivity contribution is 0.0767. The van der Waals surface area contributed by atoms with Gasteiger partial charge in [0.1, 0.15) is 17.3 Å². The molecule has 5 nitrogen and oxygen atoms in total. The number of halogens is 1. The van der Waals surface area contributed by atoms with Crippen molar-refractivity contribution in [1.29, 1.82) is 0 Å². The SMILES string of the molecule is Cc1c(F)cccc1[C@H]1[C@@H](C(=O)c2cccc(O)c2)CNC[C@H]1C(=O)c1cccc(O)c1. The van der Waals surface area contributed by atoms with Crippen LogP contribution in [0, 0.1) is 24.6 Å². The van der Waals surface area contributed by atoms with Crippen molar-refractivity contribution in [3.8, 4) is 11.5 Å². The van der Waals surface area contributed by atoms with Gasteiger partial charge < -0.3 is 15.5 Å². The van der Waals surface area contributed by atoms with Crippen LogP contribution in [-0.2, 0) is 0 Å². The van der Waals surface area contributed by atoms with E-state index in [1.54, 1.807) is 43.3 Å². The van der Waals surface area contributed by atoms with E-state index in [0.29, 0.717) is 35.3 Å². The van der Waals surface area contributed by atoms with E-state index >= 15 is 0 Å². The first-order valence-corrected chi connectivity index (χ1v) is 10.5. The highest BCUT2D eigenvalue weighted by Crippen LogP contribution is 2.40. The molecule has 3 atom stereocenters. The molecule has 0 amide bonds. The van der Waals surface area contributed by atoms with Gasteiger partial charge in [-0.1, -0.05) is 36.4 Å². The molecule has 6 heteroatoms. The average Bonchev–Trinajstić information content (AvgIpc) is 2.79. The molecule has 4 rings (SSSR count). The van der Waals surface area contributed by atoms with Gasteiger partial charge in [-0.15, -0.1) is 0 Å². The van der Waals surface area contributed by atoms with Gasteiger partial charge in [-0.3, -0.25) is 9.59 Å². The Bertz CT molecular complexity index is 1110. The maximum atomic E-state index is 14.5. The zero-order valence-electron chi connectivity index (χ0n) is 17.6. The van der Waals surface area contributed by atoms with Gasteiger partial charge in [-0.05, 0) is 48.4 Å². The maximum absolute atomic E-state index is 14.5. The van der Waals surface area contributed by atoms with Gasteiger partial charge in [0.25, 0.3) is 0 Å². The Morgan fingerprint density at radius 2 is 1.34 bits per heavy atom. The molecule has 164 valence electrons. The van der Waals surface area contributed by atoms with Crippen molar-refractivity contribution in [2.24, 2.45) is 11.8 Å². The first-order chi connectivity index (χ1) is 15.4. The van der Waals surface area contributed by atoms with Crippen molar-refractivity contribution in [3.05, 3.63) is 94.8 Å². The van der Waals surface area contributed by atoms with Crippen LogP contribution in [0.2, 0.25) is 0 Å². The molecule has 0 saturated carbocycles. The fourth-order valence-electron chi connectivity index (χ4n) is 4.61. The van der Waals surface area contributed by atoms with Crippen LogP contribution in [-0.4, -0.2) is 34.9 Å². The van der Waals surface area contributed by atoms with Gasteiger partial charge in [0.2, 0.25) is 0 Å². The number of hydrogen-bond donors (Lipinski definition) is 3. The number of hydrogen-bond acceptors (Lipinski definition) is 5. The van der Waals surface area contributed by atoms with E-state index in [4.69, 9.17) is 0 Å². The molecule has 3 aromatic rings. The Balaban J connectivity index is 1.81. The Hall–Kier alpha value is -3.51. The standard InChI is InChI=1S/C26H24FNO4/c1-15-20(9-4-10-23(15)27)24-21(25(31)16-5-2-7-18(29)11-16)13-28-14-22(24)26(32)17-6-3-8-19(30)12-17/h2-12,21-22,24,28-30H,13-14H2,1H3/t21-,22+,24-. The molecule has 0 spiro atoms. The van der Waals surface area contributed by atoms with Gasteiger partial charge in [-0.2, -0.15) is 0 Å². The normalized spacial score (nSPS) is 20.6. The summed E-state index contributed by atoms with van der Waals surface area (Å²) in [4.78, 5) is 27.0. The lowest BCUT2D eigenvalue weighted by Crippen LogP contribution is -2.48. The van der Waals surface area contributed by atoms with Crippen LogP contribution in [0.1, 0.15) is 37.8 Å². The summed E-state index contributed by atoms with van der Waals surface area (Å²) in [7, 11) is 0. The van der Waals surface area contributed by atoms with E-state index < -0.39 is 23.6 Å². The minimum Gasteiger partial charge on any atom is -0.508 e. The molecule has 0 radical (unpaired) electrons. The molecule has 32 heavy (non-hydrogen) atoms. The van der Waals surface area contributed by atoms with Crippen LogP contribution in [0.25, 0.3) is 0 Å². The van der Waals surface area contributed by atoms with Crippen molar-refractivity contribution in [2.75, 3.05) is 13.1 Å². The smallest absolute Gasteiger partial charge is 0.167 e. The second kappa shape index (κ2) is 8.93. The predicted molar refractivity (Wildman–Crippen MR) is 119 cm³/mol. The number of aromatic hydroxyl groups is 2. The third-order valence-electron chi connectivity index (χ3n) is 6.20. The van der Waals surface area contributed by atoms with E-state index in [9.17, 15) is 24.2 Å². The number of phenolic OH excluding ortho intramolecular Hbond substituents is 2. The average molecular weight is 433 g/mol. The molecule has 3 aromatic carbocycles. The molecule has 0 bridgehead atoms. The molecule has 1 saturated heterocycles. The molecule has 0 aromatic heterocycles. The summed E-state index contributed by atoms with van der Waals surface area (Å²) < 4.78 is 14.5. The Labute approximate surface area is 185 Å². The Morgan fingerprint density at radius 3 is 1.84 bits per heavy atom. The van der Waals surface area contributed by atoms with E-state index in [1.165, 1.54) is 30.3 Å². The van der Waals surface area contributed by atoms with Crippen molar-refractivity contribution < 1.29 is 24.2 Å². The topological polar surface area (TPSA) is 86.6 Å². The summed E-state index contributed by atoms with van der Waals surface area (Å²) in [5.41, 5.74) is 1.69.